The SMILES string of the molecule is CN(C)c1cc(F)cc2c(NC3C4CCC(CC4)C3C(=O)O)nc(-c3c[nH]c4ncc(F)cc34)nc12. The van der Waals surface area contributed by atoms with E-state index in [1.165, 1.54) is 18.2 Å². The molecule has 3 N–H and O–H groups in total. The van der Waals surface area contributed by atoms with Crippen LogP contribution in [-0.4, -0.2) is 51.1 Å². The molecule has 7 rings (SSSR count). The number of hydrogen-bond acceptors (Lipinski definition) is 6. The molecular weight excluding hydrogens is 466 g/mol. The summed E-state index contributed by atoms with van der Waals surface area (Å²) in [6.07, 6.45) is 6.52. The number of pyridine rings is 1. The first-order chi connectivity index (χ1) is 17.3. The Hall–Kier alpha value is -3.82. The smallest absolute Gasteiger partial charge is 0.308 e. The van der Waals surface area contributed by atoms with Crippen molar-refractivity contribution in [3.63, 3.8) is 0 Å². The van der Waals surface area contributed by atoms with E-state index >= 15 is 0 Å². The second-order valence-corrected chi connectivity index (χ2v) is 10.1. The number of benzene rings is 1. The first kappa shape index (κ1) is 22.6. The van der Waals surface area contributed by atoms with E-state index in [1.54, 1.807) is 25.2 Å². The van der Waals surface area contributed by atoms with E-state index in [9.17, 15) is 18.7 Å². The standard InChI is InChI=1S/C26H26F2N6O2/c1-34(2)19-9-14(27)7-17-22(19)32-25(18-11-30-23-16(18)8-15(28)10-29-23)33-24(17)31-21-13-5-3-12(4-6-13)20(21)26(35)36/h7-13,20-21H,3-6H2,1-2H3,(H,29,30)(H,35,36)(H,31,32,33). The van der Waals surface area contributed by atoms with Crippen molar-refractivity contribution in [3.8, 4) is 11.4 Å². The second-order valence-electron chi connectivity index (χ2n) is 10.1. The fraction of sp³-hybridized carbons (Fsp3) is 0.385. The highest BCUT2D eigenvalue weighted by Gasteiger charge is 2.47. The van der Waals surface area contributed by atoms with Crippen LogP contribution in [0.4, 0.5) is 20.3 Å². The molecule has 3 aromatic heterocycles. The Morgan fingerprint density at radius 3 is 2.50 bits per heavy atom. The van der Waals surface area contributed by atoms with E-state index in [2.05, 4.69) is 15.3 Å². The predicted molar refractivity (Wildman–Crippen MR) is 133 cm³/mol. The molecule has 0 spiro atoms. The number of nitrogens with zero attached hydrogens (tertiary/aromatic N) is 4. The van der Waals surface area contributed by atoms with Gasteiger partial charge in [0.2, 0.25) is 0 Å². The van der Waals surface area contributed by atoms with Crippen molar-refractivity contribution in [2.75, 3.05) is 24.3 Å². The van der Waals surface area contributed by atoms with E-state index in [1.807, 2.05) is 0 Å². The van der Waals surface area contributed by atoms with Crippen LogP contribution in [-0.2, 0) is 4.79 Å². The van der Waals surface area contributed by atoms with Gasteiger partial charge in [-0.2, -0.15) is 0 Å². The summed E-state index contributed by atoms with van der Waals surface area (Å²) >= 11 is 0. The maximum atomic E-state index is 14.7. The molecule has 4 aromatic rings. The summed E-state index contributed by atoms with van der Waals surface area (Å²) in [4.78, 5) is 30.7. The van der Waals surface area contributed by atoms with Crippen LogP contribution in [0.2, 0.25) is 0 Å². The van der Waals surface area contributed by atoms with Gasteiger partial charge in [0, 0.05) is 42.7 Å². The molecule has 3 aliphatic carbocycles. The van der Waals surface area contributed by atoms with Gasteiger partial charge in [-0.05, 0) is 55.7 Å². The quantitative estimate of drug-likeness (QED) is 0.367. The molecule has 8 nitrogen and oxygen atoms in total. The summed E-state index contributed by atoms with van der Waals surface area (Å²) < 4.78 is 28.8. The zero-order chi connectivity index (χ0) is 25.1. The summed E-state index contributed by atoms with van der Waals surface area (Å²) in [6, 6.07) is 3.82. The molecule has 3 fully saturated rings. The number of halogens is 2. The van der Waals surface area contributed by atoms with Gasteiger partial charge in [-0.3, -0.25) is 4.79 Å². The maximum Gasteiger partial charge on any atom is 0.308 e. The molecule has 0 amide bonds. The largest absolute Gasteiger partial charge is 0.481 e. The number of aromatic nitrogens is 4. The number of carboxylic acid groups (broad SMARTS) is 1. The summed E-state index contributed by atoms with van der Waals surface area (Å²) in [6.45, 7) is 0. The van der Waals surface area contributed by atoms with Gasteiger partial charge in [0.25, 0.3) is 0 Å². The molecule has 3 aliphatic rings. The molecule has 0 radical (unpaired) electrons. The molecule has 1 aromatic carbocycles. The van der Waals surface area contributed by atoms with Crippen LogP contribution in [0, 0.1) is 29.4 Å². The van der Waals surface area contributed by atoms with Crippen LogP contribution in [0.25, 0.3) is 33.3 Å². The third-order valence-corrected chi connectivity index (χ3v) is 7.77. The first-order valence-electron chi connectivity index (χ1n) is 12.1. The molecule has 3 saturated carbocycles. The van der Waals surface area contributed by atoms with E-state index < -0.39 is 23.5 Å². The van der Waals surface area contributed by atoms with E-state index in [0.29, 0.717) is 44.8 Å². The van der Waals surface area contributed by atoms with Crippen molar-refractivity contribution in [1.29, 1.82) is 0 Å². The fourth-order valence-corrected chi connectivity index (χ4v) is 6.08. The Bertz CT molecular complexity index is 1500. The highest BCUT2D eigenvalue weighted by molar-refractivity contribution is 6.00. The van der Waals surface area contributed by atoms with Crippen LogP contribution in [0.3, 0.4) is 0 Å². The highest BCUT2D eigenvalue weighted by atomic mass is 19.1. The minimum Gasteiger partial charge on any atom is -0.481 e. The average molecular weight is 493 g/mol. The fourth-order valence-electron chi connectivity index (χ4n) is 6.08. The second kappa shape index (κ2) is 8.39. The minimum absolute atomic E-state index is 0.106. The molecule has 10 heteroatoms. The van der Waals surface area contributed by atoms with Crippen molar-refractivity contribution >= 4 is 39.4 Å². The molecule has 2 atom stereocenters. The van der Waals surface area contributed by atoms with Gasteiger partial charge in [-0.1, -0.05) is 0 Å². The van der Waals surface area contributed by atoms with E-state index in [4.69, 9.17) is 9.97 Å². The zero-order valence-electron chi connectivity index (χ0n) is 19.9. The predicted octanol–water partition coefficient (Wildman–Crippen LogP) is 4.82. The molecule has 2 bridgehead atoms. The number of anilines is 2. The number of aromatic amines is 1. The van der Waals surface area contributed by atoms with Crippen LogP contribution in [0.15, 0.2) is 30.6 Å². The lowest BCUT2D eigenvalue weighted by Gasteiger charge is -2.47. The summed E-state index contributed by atoms with van der Waals surface area (Å²) in [5.41, 5.74) is 2.12. The number of rotatable bonds is 5. The van der Waals surface area contributed by atoms with Gasteiger partial charge in [-0.15, -0.1) is 0 Å². The van der Waals surface area contributed by atoms with E-state index in [-0.39, 0.29) is 17.9 Å². The Kier molecular flexibility index (Phi) is 5.27. The lowest BCUT2D eigenvalue weighted by atomic mass is 9.61. The lowest BCUT2D eigenvalue weighted by Crippen LogP contribution is -2.51. The van der Waals surface area contributed by atoms with Crippen molar-refractivity contribution in [2.45, 2.75) is 31.7 Å². The molecule has 3 heterocycles. The Labute approximate surface area is 205 Å². The topological polar surface area (TPSA) is 107 Å². The lowest BCUT2D eigenvalue weighted by molar-refractivity contribution is -0.148. The van der Waals surface area contributed by atoms with Gasteiger partial charge < -0.3 is 20.3 Å². The Morgan fingerprint density at radius 2 is 1.78 bits per heavy atom. The normalized spacial score (nSPS) is 23.3. The molecular formula is C26H26F2N6O2. The van der Waals surface area contributed by atoms with Crippen LogP contribution in [0.1, 0.15) is 25.7 Å². The number of nitrogens with one attached hydrogen (secondary N) is 2. The summed E-state index contributed by atoms with van der Waals surface area (Å²) in [7, 11) is 3.60. The average Bonchev–Trinajstić information content (AvgIpc) is 3.27. The third-order valence-electron chi connectivity index (χ3n) is 7.77. The van der Waals surface area contributed by atoms with Gasteiger partial charge in [0.15, 0.2) is 5.82 Å². The van der Waals surface area contributed by atoms with Crippen molar-refractivity contribution in [1.82, 2.24) is 19.9 Å². The maximum absolute atomic E-state index is 14.7. The van der Waals surface area contributed by atoms with Crippen molar-refractivity contribution in [3.05, 3.63) is 42.2 Å². The van der Waals surface area contributed by atoms with E-state index in [0.717, 1.165) is 31.9 Å². The van der Waals surface area contributed by atoms with Gasteiger partial charge in [-0.25, -0.2) is 23.7 Å². The molecule has 0 aliphatic heterocycles. The van der Waals surface area contributed by atoms with Crippen molar-refractivity contribution in [2.24, 2.45) is 17.8 Å². The number of fused-ring (bicyclic) bond motifs is 5. The Morgan fingerprint density at radius 1 is 1.06 bits per heavy atom. The summed E-state index contributed by atoms with van der Waals surface area (Å²) in [5, 5.41) is 14.5. The summed E-state index contributed by atoms with van der Waals surface area (Å²) in [5.74, 6) is -1.30. The highest BCUT2D eigenvalue weighted by Crippen LogP contribution is 2.47. The zero-order valence-corrected chi connectivity index (χ0v) is 19.9. The Balaban J connectivity index is 1.56. The monoisotopic (exact) mass is 492 g/mol. The number of H-pyrrole nitrogens is 1. The van der Waals surface area contributed by atoms with Crippen LogP contribution in [0.5, 0.6) is 0 Å². The molecule has 0 saturated heterocycles. The molecule has 36 heavy (non-hydrogen) atoms. The van der Waals surface area contributed by atoms with Gasteiger partial charge in [0.05, 0.1) is 23.3 Å². The molecule has 2 unspecified atom stereocenters. The van der Waals surface area contributed by atoms with Gasteiger partial charge in [0.1, 0.15) is 23.1 Å². The van der Waals surface area contributed by atoms with Crippen LogP contribution < -0.4 is 10.2 Å². The van der Waals surface area contributed by atoms with Crippen molar-refractivity contribution < 1.29 is 18.7 Å². The number of carboxylic acids is 1. The van der Waals surface area contributed by atoms with Crippen LogP contribution >= 0.6 is 0 Å². The van der Waals surface area contributed by atoms with Gasteiger partial charge >= 0.3 is 5.97 Å². The number of aliphatic carboxylic acids is 1. The number of carbonyl (C=O) groups is 1. The third kappa shape index (κ3) is 3.63. The number of hydrogen-bond donors (Lipinski definition) is 3. The minimum atomic E-state index is -0.821. The molecule has 186 valence electrons. The first-order valence-corrected chi connectivity index (χ1v) is 12.1.